The van der Waals surface area contributed by atoms with Crippen molar-refractivity contribution in [2.45, 2.75) is 30.2 Å². The van der Waals surface area contributed by atoms with Crippen LogP contribution >= 0.6 is 0 Å². The Labute approximate surface area is 134 Å². The fraction of sp³-hybridized carbons (Fsp3) is 0.467. The molecule has 1 aromatic rings. The Bertz CT molecular complexity index is 767. The number of nitrogens with one attached hydrogen (secondary N) is 1. The van der Waals surface area contributed by atoms with Gasteiger partial charge < -0.3 is 15.2 Å². The largest absolute Gasteiger partial charge is 0.508 e. The summed E-state index contributed by atoms with van der Waals surface area (Å²) in [5.74, 6) is -0.606. The minimum absolute atomic E-state index is 0.0364. The normalized spacial score (nSPS) is 33.0. The van der Waals surface area contributed by atoms with Crippen LogP contribution < -0.4 is 5.32 Å². The molecule has 2 aliphatic heterocycles. The predicted octanol–water partition coefficient (Wildman–Crippen LogP) is 1.24. The van der Waals surface area contributed by atoms with Gasteiger partial charge in [0.15, 0.2) is 0 Å². The van der Waals surface area contributed by atoms with Crippen molar-refractivity contribution in [1.29, 1.82) is 0 Å². The van der Waals surface area contributed by atoms with Gasteiger partial charge in [-0.05, 0) is 31.5 Å². The number of ether oxygens (including phenoxy) is 1. The summed E-state index contributed by atoms with van der Waals surface area (Å²) in [6.07, 6.45) is -0.0629. The van der Waals surface area contributed by atoms with Gasteiger partial charge in [-0.15, -0.1) is 0 Å². The molecule has 8 heteroatoms. The predicted molar refractivity (Wildman–Crippen MR) is 82.5 cm³/mol. The zero-order valence-corrected chi connectivity index (χ0v) is 13.7. The lowest BCUT2D eigenvalue weighted by molar-refractivity contribution is -0.0338. The molecule has 126 valence electrons. The van der Waals surface area contributed by atoms with Crippen molar-refractivity contribution in [3.8, 4) is 5.75 Å². The summed E-state index contributed by atoms with van der Waals surface area (Å²) in [7, 11) is -2.33. The van der Waals surface area contributed by atoms with E-state index in [1.54, 1.807) is 6.92 Å². The Morgan fingerprint density at radius 2 is 2.22 bits per heavy atom. The van der Waals surface area contributed by atoms with Gasteiger partial charge in [-0.2, -0.15) is 0 Å². The van der Waals surface area contributed by atoms with Crippen LogP contribution in [0.25, 0.3) is 0 Å². The van der Waals surface area contributed by atoms with Crippen LogP contribution in [0.4, 0.5) is 4.39 Å². The van der Waals surface area contributed by atoms with E-state index in [1.807, 2.05) is 0 Å². The number of sulfonamides is 1. The van der Waals surface area contributed by atoms with Crippen molar-refractivity contribution in [2.75, 3.05) is 13.7 Å². The van der Waals surface area contributed by atoms with Gasteiger partial charge in [-0.25, -0.2) is 12.8 Å². The molecule has 23 heavy (non-hydrogen) atoms. The molecule has 1 aromatic carbocycles. The van der Waals surface area contributed by atoms with Crippen LogP contribution in [0.2, 0.25) is 0 Å². The quantitative estimate of drug-likeness (QED) is 0.803. The molecule has 6 nitrogen and oxygen atoms in total. The minimum atomic E-state index is -3.74. The van der Waals surface area contributed by atoms with Crippen LogP contribution in [0.15, 0.2) is 30.6 Å². The van der Waals surface area contributed by atoms with E-state index in [0.29, 0.717) is 0 Å². The number of phenols is 1. The van der Waals surface area contributed by atoms with Gasteiger partial charge in [0, 0.05) is 12.6 Å². The molecule has 0 amide bonds. The van der Waals surface area contributed by atoms with Crippen molar-refractivity contribution >= 4 is 10.0 Å². The molecule has 0 spiro atoms. The standard InChI is InChI=1S/C15H19FN2O4S/c1-9-6-14-15(8-22-9,12-7-11(19)4-5-13(12)16)17-10(2)18(3)23(14,20)21/h4-5,7,9,14,17,19H,2,6,8H2,1,3H3/t9-,14+,15+/m0/s1. The summed E-state index contributed by atoms with van der Waals surface area (Å²) in [6, 6.07) is 3.57. The molecule has 0 unspecified atom stereocenters. The smallest absolute Gasteiger partial charge is 0.241 e. The Kier molecular flexibility index (Phi) is 3.57. The Morgan fingerprint density at radius 1 is 1.52 bits per heavy atom. The maximum Gasteiger partial charge on any atom is 0.241 e. The summed E-state index contributed by atoms with van der Waals surface area (Å²) < 4.78 is 46.9. The van der Waals surface area contributed by atoms with Gasteiger partial charge in [0.25, 0.3) is 0 Å². The van der Waals surface area contributed by atoms with E-state index in [2.05, 4.69) is 11.9 Å². The second-order valence-electron chi connectivity index (χ2n) is 6.07. The number of phenolic OH excluding ortho intramolecular Hbond substituents is 1. The first kappa shape index (κ1) is 16.1. The van der Waals surface area contributed by atoms with Crippen LogP contribution in [-0.4, -0.2) is 42.8 Å². The van der Waals surface area contributed by atoms with Crippen molar-refractivity contribution in [2.24, 2.45) is 0 Å². The van der Waals surface area contributed by atoms with E-state index in [0.717, 1.165) is 10.4 Å². The van der Waals surface area contributed by atoms with Crippen molar-refractivity contribution in [3.05, 3.63) is 42.0 Å². The molecular formula is C15H19FN2O4S. The third-order valence-electron chi connectivity index (χ3n) is 4.61. The van der Waals surface area contributed by atoms with Crippen molar-refractivity contribution < 1.29 is 22.7 Å². The van der Waals surface area contributed by atoms with Gasteiger partial charge >= 0.3 is 0 Å². The number of halogens is 1. The van der Waals surface area contributed by atoms with E-state index < -0.39 is 26.6 Å². The summed E-state index contributed by atoms with van der Waals surface area (Å²) in [4.78, 5) is 0. The lowest BCUT2D eigenvalue weighted by Crippen LogP contribution is -2.68. The summed E-state index contributed by atoms with van der Waals surface area (Å²) in [5, 5.41) is 11.8. The van der Waals surface area contributed by atoms with Gasteiger partial charge in [0.1, 0.15) is 28.2 Å². The molecule has 3 atom stereocenters. The van der Waals surface area contributed by atoms with Gasteiger partial charge in [0.05, 0.1) is 12.7 Å². The van der Waals surface area contributed by atoms with E-state index >= 15 is 0 Å². The van der Waals surface area contributed by atoms with Crippen LogP contribution in [0.5, 0.6) is 5.75 Å². The van der Waals surface area contributed by atoms with Crippen LogP contribution in [0.1, 0.15) is 18.9 Å². The topological polar surface area (TPSA) is 78.9 Å². The summed E-state index contributed by atoms with van der Waals surface area (Å²) in [6.45, 7) is 5.46. The van der Waals surface area contributed by atoms with Gasteiger partial charge in [-0.1, -0.05) is 6.58 Å². The highest BCUT2D eigenvalue weighted by atomic mass is 32.2. The zero-order valence-electron chi connectivity index (χ0n) is 12.9. The van der Waals surface area contributed by atoms with E-state index in [9.17, 15) is 17.9 Å². The number of fused-ring (bicyclic) bond motifs is 1. The monoisotopic (exact) mass is 342 g/mol. The molecule has 2 aliphatic rings. The highest BCUT2D eigenvalue weighted by Gasteiger charge is 2.57. The minimum Gasteiger partial charge on any atom is -0.508 e. The molecule has 0 bridgehead atoms. The maximum absolute atomic E-state index is 14.4. The highest BCUT2D eigenvalue weighted by Crippen LogP contribution is 2.44. The number of hydrogen-bond donors (Lipinski definition) is 2. The van der Waals surface area contributed by atoms with Gasteiger partial charge in [0.2, 0.25) is 10.0 Å². The fourth-order valence-electron chi connectivity index (χ4n) is 3.28. The molecule has 2 saturated heterocycles. The Morgan fingerprint density at radius 3 is 2.91 bits per heavy atom. The maximum atomic E-state index is 14.4. The lowest BCUT2D eigenvalue weighted by atomic mass is 9.82. The van der Waals surface area contributed by atoms with Crippen LogP contribution in [0.3, 0.4) is 0 Å². The molecule has 2 fully saturated rings. The van der Waals surface area contributed by atoms with Crippen LogP contribution in [-0.2, 0) is 20.3 Å². The second kappa shape index (κ2) is 5.10. The lowest BCUT2D eigenvalue weighted by Gasteiger charge is -2.52. The molecule has 0 saturated carbocycles. The molecule has 0 radical (unpaired) electrons. The highest BCUT2D eigenvalue weighted by molar-refractivity contribution is 7.90. The molecule has 0 aliphatic carbocycles. The average molecular weight is 342 g/mol. The van der Waals surface area contributed by atoms with E-state index in [-0.39, 0.29) is 36.3 Å². The number of benzene rings is 1. The molecule has 0 aromatic heterocycles. The van der Waals surface area contributed by atoms with E-state index in [4.69, 9.17) is 4.74 Å². The first-order valence-corrected chi connectivity index (χ1v) is 8.74. The first-order valence-electron chi connectivity index (χ1n) is 7.24. The summed E-state index contributed by atoms with van der Waals surface area (Å²) in [5.41, 5.74) is -1.26. The second-order valence-corrected chi connectivity index (χ2v) is 8.21. The van der Waals surface area contributed by atoms with Crippen LogP contribution in [0, 0.1) is 5.82 Å². The number of rotatable bonds is 1. The number of aromatic hydroxyl groups is 1. The molecule has 2 heterocycles. The average Bonchev–Trinajstić information content (AvgIpc) is 2.49. The van der Waals surface area contributed by atoms with Crippen molar-refractivity contribution in [1.82, 2.24) is 9.62 Å². The third kappa shape index (κ3) is 2.28. The Hall–Kier alpha value is -1.80. The molecule has 2 N–H and O–H groups in total. The Balaban J connectivity index is 2.24. The van der Waals surface area contributed by atoms with Gasteiger partial charge in [-0.3, -0.25) is 4.31 Å². The fourth-order valence-corrected chi connectivity index (χ4v) is 5.30. The van der Waals surface area contributed by atoms with E-state index in [1.165, 1.54) is 19.2 Å². The first-order chi connectivity index (χ1) is 10.7. The zero-order chi connectivity index (χ0) is 17.0. The third-order valence-corrected chi connectivity index (χ3v) is 6.91. The number of hydrogen-bond acceptors (Lipinski definition) is 5. The summed E-state index contributed by atoms with van der Waals surface area (Å²) >= 11 is 0. The SMILES string of the molecule is C=C1N[C@@]2(c3cc(O)ccc3F)CO[C@@H](C)C[C@H]2S(=O)(=O)N1C. The van der Waals surface area contributed by atoms with Crippen molar-refractivity contribution in [3.63, 3.8) is 0 Å². The number of nitrogens with zero attached hydrogens (tertiary/aromatic N) is 1. The molecular weight excluding hydrogens is 323 g/mol. The molecule has 3 rings (SSSR count).